The van der Waals surface area contributed by atoms with Crippen molar-refractivity contribution in [1.82, 2.24) is 15.5 Å². The number of halogens is 1. The van der Waals surface area contributed by atoms with E-state index in [-0.39, 0.29) is 42.2 Å². The number of hydrogen-bond donors (Lipinski definition) is 2. The number of hydrogen-bond acceptors (Lipinski definition) is 4. The van der Waals surface area contributed by atoms with E-state index in [4.69, 9.17) is 9.47 Å². The summed E-state index contributed by atoms with van der Waals surface area (Å²) in [5.74, 6) is 1.68. The van der Waals surface area contributed by atoms with Gasteiger partial charge < -0.3 is 25.0 Å². The van der Waals surface area contributed by atoms with Crippen molar-refractivity contribution in [2.75, 3.05) is 33.3 Å². The van der Waals surface area contributed by atoms with E-state index in [1.807, 2.05) is 45.0 Å². The first-order valence-corrected chi connectivity index (χ1v) is 9.63. The number of rotatable bonds is 6. The van der Waals surface area contributed by atoms with Crippen molar-refractivity contribution in [3.63, 3.8) is 0 Å². The molecule has 7 nitrogen and oxygen atoms in total. The number of likely N-dealkylation sites (tertiary alicyclic amines) is 1. The molecule has 1 aromatic carbocycles. The first kappa shape index (κ1) is 24.3. The van der Waals surface area contributed by atoms with Gasteiger partial charge in [-0.25, -0.2) is 9.79 Å². The van der Waals surface area contributed by atoms with Gasteiger partial charge in [0, 0.05) is 25.7 Å². The van der Waals surface area contributed by atoms with Crippen LogP contribution in [-0.2, 0) is 4.74 Å². The number of benzene rings is 1. The molecule has 2 rings (SSSR count). The van der Waals surface area contributed by atoms with Crippen LogP contribution < -0.4 is 15.4 Å². The molecule has 1 atom stereocenters. The van der Waals surface area contributed by atoms with Crippen LogP contribution in [0.25, 0.3) is 0 Å². The van der Waals surface area contributed by atoms with Gasteiger partial charge >= 0.3 is 6.09 Å². The number of nitrogens with one attached hydrogen (secondary N) is 2. The predicted molar refractivity (Wildman–Crippen MR) is 123 cm³/mol. The lowest BCUT2D eigenvalue weighted by molar-refractivity contribution is 0.111. The summed E-state index contributed by atoms with van der Waals surface area (Å²) >= 11 is 0. The third kappa shape index (κ3) is 7.73. The van der Waals surface area contributed by atoms with Gasteiger partial charge in [0.15, 0.2) is 5.96 Å². The molecule has 0 bridgehead atoms. The van der Waals surface area contributed by atoms with Crippen molar-refractivity contribution in [1.29, 1.82) is 0 Å². The molecule has 1 heterocycles. The highest BCUT2D eigenvalue weighted by Gasteiger charge is 2.23. The molecule has 1 saturated heterocycles. The average Bonchev–Trinajstić information content (AvgIpc) is 2.68. The Morgan fingerprint density at radius 3 is 2.61 bits per heavy atom. The highest BCUT2D eigenvalue weighted by Crippen LogP contribution is 2.17. The van der Waals surface area contributed by atoms with Crippen LogP contribution in [0.2, 0.25) is 0 Å². The van der Waals surface area contributed by atoms with Gasteiger partial charge in [0.1, 0.15) is 11.9 Å². The summed E-state index contributed by atoms with van der Waals surface area (Å²) in [6.45, 7) is 8.84. The van der Waals surface area contributed by atoms with Gasteiger partial charge in [-0.1, -0.05) is 18.2 Å². The Morgan fingerprint density at radius 2 is 2.00 bits per heavy atom. The van der Waals surface area contributed by atoms with Crippen LogP contribution in [0.15, 0.2) is 29.3 Å². The summed E-state index contributed by atoms with van der Waals surface area (Å²) in [4.78, 5) is 18.0. The van der Waals surface area contributed by atoms with Crippen LogP contribution >= 0.6 is 24.0 Å². The van der Waals surface area contributed by atoms with E-state index >= 15 is 0 Å². The Kier molecular flexibility index (Phi) is 11.0. The van der Waals surface area contributed by atoms with E-state index in [0.717, 1.165) is 36.7 Å². The Morgan fingerprint density at radius 1 is 1.32 bits per heavy atom. The minimum absolute atomic E-state index is 0. The second-order valence-electron chi connectivity index (χ2n) is 6.79. The molecule has 1 aromatic rings. The van der Waals surface area contributed by atoms with Gasteiger partial charge in [-0.3, -0.25) is 0 Å². The third-order valence-electron chi connectivity index (χ3n) is 4.54. The lowest BCUT2D eigenvalue weighted by Crippen LogP contribution is -2.50. The number of methoxy groups -OCH3 is 1. The summed E-state index contributed by atoms with van der Waals surface area (Å²) in [6.07, 6.45) is 1.46. The monoisotopic (exact) mass is 504 g/mol. The number of piperidine rings is 1. The summed E-state index contributed by atoms with van der Waals surface area (Å²) < 4.78 is 10.8. The van der Waals surface area contributed by atoms with Crippen LogP contribution in [-0.4, -0.2) is 62.4 Å². The fourth-order valence-corrected chi connectivity index (χ4v) is 3.01. The minimum Gasteiger partial charge on any atom is -0.489 e. The Labute approximate surface area is 185 Å². The normalized spacial score (nSPS) is 16.0. The molecule has 158 valence electrons. The molecule has 2 N–H and O–H groups in total. The standard InChI is InChI=1S/C20H32N4O3.HI/c1-5-21-19(23-17-10-12-24(13-11-17)20(25)26-4)22-14-16(3)27-18-9-7-6-8-15(18)2;/h6-9,16-17H,5,10-14H2,1-4H3,(H2,21,22,23);1H. The molecular weight excluding hydrogens is 471 g/mol. The van der Waals surface area contributed by atoms with Crippen molar-refractivity contribution >= 4 is 36.0 Å². The number of amides is 1. The Balaban J connectivity index is 0.00000392. The van der Waals surface area contributed by atoms with Crippen LogP contribution in [0.4, 0.5) is 4.79 Å². The fourth-order valence-electron chi connectivity index (χ4n) is 3.01. The molecule has 0 aliphatic carbocycles. The number of carbonyl (C=O) groups excluding carboxylic acids is 1. The van der Waals surface area contributed by atoms with E-state index in [1.54, 1.807) is 4.90 Å². The van der Waals surface area contributed by atoms with Gasteiger partial charge in [-0.05, 0) is 45.2 Å². The molecule has 0 radical (unpaired) electrons. The van der Waals surface area contributed by atoms with Crippen molar-refractivity contribution in [2.24, 2.45) is 4.99 Å². The molecule has 8 heteroatoms. The van der Waals surface area contributed by atoms with Crippen LogP contribution in [0, 0.1) is 6.92 Å². The Hall–Kier alpha value is -1.71. The first-order valence-electron chi connectivity index (χ1n) is 9.63. The predicted octanol–water partition coefficient (Wildman–Crippen LogP) is 3.17. The molecule has 0 spiro atoms. The SMILES string of the molecule is CCNC(=NCC(C)Oc1ccccc1C)NC1CCN(C(=O)OC)CC1.I. The van der Waals surface area contributed by atoms with E-state index in [9.17, 15) is 4.79 Å². The number of carbonyl (C=O) groups is 1. The topological polar surface area (TPSA) is 75.2 Å². The number of nitrogens with zero attached hydrogens (tertiary/aromatic N) is 2. The lowest BCUT2D eigenvalue weighted by Gasteiger charge is -2.32. The van der Waals surface area contributed by atoms with E-state index < -0.39 is 0 Å². The zero-order valence-electron chi connectivity index (χ0n) is 17.2. The number of ether oxygens (including phenoxy) is 2. The maximum atomic E-state index is 11.6. The zero-order valence-corrected chi connectivity index (χ0v) is 19.6. The molecule has 1 aliphatic rings. The summed E-state index contributed by atoms with van der Waals surface area (Å²) in [7, 11) is 1.42. The summed E-state index contributed by atoms with van der Waals surface area (Å²) in [6, 6.07) is 8.29. The van der Waals surface area contributed by atoms with Gasteiger partial charge in [0.2, 0.25) is 0 Å². The highest BCUT2D eigenvalue weighted by atomic mass is 127. The molecule has 28 heavy (non-hydrogen) atoms. The molecule has 0 saturated carbocycles. The summed E-state index contributed by atoms with van der Waals surface area (Å²) in [5.41, 5.74) is 1.12. The number of aryl methyl sites for hydroxylation is 1. The highest BCUT2D eigenvalue weighted by molar-refractivity contribution is 14.0. The lowest BCUT2D eigenvalue weighted by atomic mass is 10.1. The van der Waals surface area contributed by atoms with Crippen LogP contribution in [0.3, 0.4) is 0 Å². The van der Waals surface area contributed by atoms with Crippen molar-refractivity contribution in [3.05, 3.63) is 29.8 Å². The molecule has 1 aliphatic heterocycles. The molecule has 0 aromatic heterocycles. The number of para-hydroxylation sites is 1. The molecule has 1 fully saturated rings. The Bertz CT molecular complexity index is 634. The number of guanidine groups is 1. The van der Waals surface area contributed by atoms with E-state index in [0.29, 0.717) is 19.6 Å². The maximum Gasteiger partial charge on any atom is 0.409 e. The molecular formula is C20H33IN4O3. The minimum atomic E-state index is -0.254. The van der Waals surface area contributed by atoms with Crippen LogP contribution in [0.5, 0.6) is 5.75 Å². The van der Waals surface area contributed by atoms with Crippen molar-refractivity contribution < 1.29 is 14.3 Å². The van der Waals surface area contributed by atoms with Crippen molar-refractivity contribution in [3.8, 4) is 5.75 Å². The quantitative estimate of drug-likeness (QED) is 0.354. The van der Waals surface area contributed by atoms with Gasteiger partial charge in [-0.2, -0.15) is 0 Å². The second kappa shape index (κ2) is 12.7. The maximum absolute atomic E-state index is 11.6. The smallest absolute Gasteiger partial charge is 0.409 e. The summed E-state index contributed by atoms with van der Waals surface area (Å²) in [5, 5.41) is 6.75. The van der Waals surface area contributed by atoms with Gasteiger partial charge in [0.25, 0.3) is 0 Å². The van der Waals surface area contributed by atoms with Gasteiger partial charge in [-0.15, -0.1) is 24.0 Å². The average molecular weight is 504 g/mol. The third-order valence-corrected chi connectivity index (χ3v) is 4.54. The fraction of sp³-hybridized carbons (Fsp3) is 0.600. The van der Waals surface area contributed by atoms with E-state index in [1.165, 1.54) is 7.11 Å². The second-order valence-corrected chi connectivity index (χ2v) is 6.79. The molecule has 1 unspecified atom stereocenters. The van der Waals surface area contributed by atoms with Gasteiger partial charge in [0.05, 0.1) is 13.7 Å². The van der Waals surface area contributed by atoms with Crippen molar-refractivity contribution in [2.45, 2.75) is 45.8 Å². The van der Waals surface area contributed by atoms with E-state index in [2.05, 4.69) is 15.6 Å². The first-order chi connectivity index (χ1) is 13.0. The van der Waals surface area contributed by atoms with Crippen LogP contribution in [0.1, 0.15) is 32.3 Å². The molecule has 1 amide bonds. The zero-order chi connectivity index (χ0) is 19.6. The number of aliphatic imine (C=N–C) groups is 1. The largest absolute Gasteiger partial charge is 0.489 e.